The first-order valence-corrected chi connectivity index (χ1v) is 9.04. The van der Waals surface area contributed by atoms with E-state index in [1.165, 1.54) is 6.92 Å². The van der Waals surface area contributed by atoms with Crippen LogP contribution in [0.2, 0.25) is 0 Å². The second-order valence-corrected chi connectivity index (χ2v) is 6.48. The fourth-order valence-corrected chi connectivity index (χ4v) is 2.85. The number of carbonyl (C=O) groups is 2. The highest BCUT2D eigenvalue weighted by molar-refractivity contribution is 5.95. The van der Waals surface area contributed by atoms with Gasteiger partial charge >= 0.3 is 0 Å². The monoisotopic (exact) mass is 368 g/mol. The molecule has 1 aliphatic heterocycles. The number of ether oxygens (including phenoxy) is 2. The lowest BCUT2D eigenvalue weighted by Gasteiger charge is -2.29. The summed E-state index contributed by atoms with van der Waals surface area (Å²) in [6.07, 6.45) is -0.660. The van der Waals surface area contributed by atoms with Crippen LogP contribution in [0.4, 0.5) is 11.4 Å². The lowest BCUT2D eigenvalue weighted by molar-refractivity contribution is -0.122. The number of hydrogen-bond acceptors (Lipinski definition) is 5. The predicted octanol–water partition coefficient (Wildman–Crippen LogP) is 3.13. The van der Waals surface area contributed by atoms with Crippen molar-refractivity contribution in [1.82, 2.24) is 0 Å². The van der Waals surface area contributed by atoms with Gasteiger partial charge in [-0.15, -0.1) is 0 Å². The standard InChI is InChI=1S/C21H24N2O4/c1-15(24)17-3-9-20(10-4-17)27-16(2)21(25)22-18-5-7-19(8-6-18)23-11-13-26-14-12-23/h3-10,16H,11-14H2,1-2H3,(H,22,25)/t16-/m1/s1. The molecule has 6 heteroatoms. The van der Waals surface area contributed by atoms with E-state index in [9.17, 15) is 9.59 Å². The van der Waals surface area contributed by atoms with Gasteiger partial charge in [-0.05, 0) is 62.4 Å². The average molecular weight is 368 g/mol. The zero-order valence-electron chi connectivity index (χ0n) is 15.6. The summed E-state index contributed by atoms with van der Waals surface area (Å²) < 4.78 is 11.0. The number of anilines is 2. The van der Waals surface area contributed by atoms with Crippen molar-refractivity contribution in [1.29, 1.82) is 0 Å². The molecule has 1 aliphatic rings. The summed E-state index contributed by atoms with van der Waals surface area (Å²) in [4.78, 5) is 25.9. The fourth-order valence-electron chi connectivity index (χ4n) is 2.85. The molecular weight excluding hydrogens is 344 g/mol. The molecule has 0 bridgehead atoms. The van der Waals surface area contributed by atoms with Gasteiger partial charge in [0, 0.05) is 30.0 Å². The summed E-state index contributed by atoms with van der Waals surface area (Å²) in [6.45, 7) is 6.42. The number of carbonyl (C=O) groups excluding carboxylic acids is 2. The van der Waals surface area contributed by atoms with Crippen LogP contribution in [-0.4, -0.2) is 44.1 Å². The van der Waals surface area contributed by atoms with Gasteiger partial charge in [0.2, 0.25) is 0 Å². The Bertz CT molecular complexity index is 781. The molecule has 6 nitrogen and oxygen atoms in total. The van der Waals surface area contributed by atoms with E-state index in [1.54, 1.807) is 31.2 Å². The van der Waals surface area contributed by atoms with Crippen molar-refractivity contribution in [2.24, 2.45) is 0 Å². The Morgan fingerprint density at radius 1 is 1.04 bits per heavy atom. The Hall–Kier alpha value is -2.86. The van der Waals surface area contributed by atoms with E-state index >= 15 is 0 Å². The summed E-state index contributed by atoms with van der Waals surface area (Å²) in [6, 6.07) is 14.5. The average Bonchev–Trinajstić information content (AvgIpc) is 2.69. The molecule has 1 atom stereocenters. The zero-order valence-corrected chi connectivity index (χ0v) is 15.6. The van der Waals surface area contributed by atoms with Gasteiger partial charge in [-0.3, -0.25) is 9.59 Å². The Balaban J connectivity index is 1.55. The Kier molecular flexibility index (Phi) is 6.08. The Morgan fingerprint density at radius 3 is 2.26 bits per heavy atom. The number of hydrogen-bond donors (Lipinski definition) is 1. The SMILES string of the molecule is CC(=O)c1ccc(O[C@H](C)C(=O)Nc2ccc(N3CCOCC3)cc2)cc1. The minimum absolute atomic E-state index is 0.00660. The van der Waals surface area contributed by atoms with Gasteiger partial charge < -0.3 is 19.7 Å². The third-order valence-electron chi connectivity index (χ3n) is 4.45. The van der Waals surface area contributed by atoms with Gasteiger partial charge in [-0.1, -0.05) is 0 Å². The lowest BCUT2D eigenvalue weighted by Crippen LogP contribution is -2.36. The highest BCUT2D eigenvalue weighted by atomic mass is 16.5. The predicted molar refractivity (Wildman–Crippen MR) is 105 cm³/mol. The van der Waals surface area contributed by atoms with Gasteiger partial charge in [0.1, 0.15) is 5.75 Å². The van der Waals surface area contributed by atoms with E-state index in [1.807, 2.05) is 24.3 Å². The second kappa shape index (κ2) is 8.68. The van der Waals surface area contributed by atoms with Crippen molar-refractivity contribution in [3.05, 3.63) is 54.1 Å². The van der Waals surface area contributed by atoms with Gasteiger partial charge in [-0.2, -0.15) is 0 Å². The molecule has 0 spiro atoms. The quantitative estimate of drug-likeness (QED) is 0.794. The van der Waals surface area contributed by atoms with Crippen LogP contribution in [0.5, 0.6) is 5.75 Å². The van der Waals surface area contributed by atoms with E-state index in [-0.39, 0.29) is 11.7 Å². The summed E-state index contributed by atoms with van der Waals surface area (Å²) in [5, 5.41) is 2.86. The molecule has 0 radical (unpaired) electrons. The maximum absolute atomic E-state index is 12.4. The first-order chi connectivity index (χ1) is 13.0. The van der Waals surface area contributed by atoms with Crippen LogP contribution in [0.15, 0.2) is 48.5 Å². The molecule has 1 amide bonds. The largest absolute Gasteiger partial charge is 0.481 e. The maximum Gasteiger partial charge on any atom is 0.265 e. The molecule has 0 aromatic heterocycles. The molecule has 142 valence electrons. The maximum atomic E-state index is 12.4. The third kappa shape index (κ3) is 5.08. The molecule has 27 heavy (non-hydrogen) atoms. The Labute approximate surface area is 159 Å². The molecule has 2 aromatic rings. The van der Waals surface area contributed by atoms with Gasteiger partial charge in [0.25, 0.3) is 5.91 Å². The minimum atomic E-state index is -0.660. The normalized spacial score (nSPS) is 15.1. The molecule has 1 saturated heterocycles. The van der Waals surface area contributed by atoms with Crippen molar-refractivity contribution in [3.8, 4) is 5.75 Å². The topological polar surface area (TPSA) is 67.9 Å². The van der Waals surface area contributed by atoms with Gasteiger partial charge in [-0.25, -0.2) is 0 Å². The van der Waals surface area contributed by atoms with Crippen LogP contribution in [-0.2, 0) is 9.53 Å². The van der Waals surface area contributed by atoms with Gasteiger partial charge in [0.15, 0.2) is 11.9 Å². The molecule has 1 N–H and O–H groups in total. The molecule has 0 aliphatic carbocycles. The van der Waals surface area contributed by atoms with Crippen LogP contribution < -0.4 is 15.0 Å². The molecule has 0 saturated carbocycles. The zero-order chi connectivity index (χ0) is 19.2. The fraction of sp³-hybridized carbons (Fsp3) is 0.333. The minimum Gasteiger partial charge on any atom is -0.481 e. The third-order valence-corrected chi connectivity index (χ3v) is 4.45. The summed E-state index contributed by atoms with van der Waals surface area (Å²) in [5.74, 6) is 0.308. The van der Waals surface area contributed by atoms with Crippen LogP contribution in [0, 0.1) is 0 Å². The molecule has 1 heterocycles. The van der Waals surface area contributed by atoms with E-state index in [0.29, 0.717) is 11.3 Å². The number of amides is 1. The van der Waals surface area contributed by atoms with Gasteiger partial charge in [0.05, 0.1) is 13.2 Å². The molecule has 0 unspecified atom stereocenters. The summed E-state index contributed by atoms with van der Waals surface area (Å²) in [5.41, 5.74) is 2.45. The lowest BCUT2D eigenvalue weighted by atomic mass is 10.1. The number of nitrogens with zero attached hydrogens (tertiary/aromatic N) is 1. The number of morpholine rings is 1. The van der Waals surface area contributed by atoms with Crippen molar-refractivity contribution >= 4 is 23.1 Å². The van der Waals surface area contributed by atoms with Crippen molar-refractivity contribution in [2.75, 3.05) is 36.5 Å². The highest BCUT2D eigenvalue weighted by Crippen LogP contribution is 2.20. The van der Waals surface area contributed by atoms with E-state index < -0.39 is 6.10 Å². The number of nitrogens with one attached hydrogen (secondary N) is 1. The number of Topliss-reactive ketones (excluding diaryl/α,β-unsaturated/α-hetero) is 1. The number of benzene rings is 2. The van der Waals surface area contributed by atoms with Crippen LogP contribution >= 0.6 is 0 Å². The van der Waals surface area contributed by atoms with Crippen molar-refractivity contribution < 1.29 is 19.1 Å². The van der Waals surface area contributed by atoms with E-state index in [2.05, 4.69) is 10.2 Å². The van der Waals surface area contributed by atoms with Crippen molar-refractivity contribution in [2.45, 2.75) is 20.0 Å². The number of rotatable bonds is 6. The van der Waals surface area contributed by atoms with Crippen LogP contribution in [0.1, 0.15) is 24.2 Å². The second-order valence-electron chi connectivity index (χ2n) is 6.48. The summed E-state index contributed by atoms with van der Waals surface area (Å²) >= 11 is 0. The van der Waals surface area contributed by atoms with Crippen LogP contribution in [0.25, 0.3) is 0 Å². The smallest absolute Gasteiger partial charge is 0.265 e. The van der Waals surface area contributed by atoms with Crippen LogP contribution in [0.3, 0.4) is 0 Å². The highest BCUT2D eigenvalue weighted by Gasteiger charge is 2.16. The number of ketones is 1. The summed E-state index contributed by atoms with van der Waals surface area (Å²) in [7, 11) is 0. The molecule has 3 rings (SSSR count). The molecule has 2 aromatic carbocycles. The van der Waals surface area contributed by atoms with E-state index in [0.717, 1.165) is 37.7 Å². The molecule has 1 fully saturated rings. The first-order valence-electron chi connectivity index (χ1n) is 9.04. The Morgan fingerprint density at radius 2 is 1.67 bits per heavy atom. The van der Waals surface area contributed by atoms with E-state index in [4.69, 9.17) is 9.47 Å². The molecular formula is C21H24N2O4. The van der Waals surface area contributed by atoms with Crippen molar-refractivity contribution in [3.63, 3.8) is 0 Å². The first kappa shape index (κ1) is 18.9.